The standard InChI is InChI=1S/C13H17N3O/c14-8-12-11(5-3-7-15-12)16-9-10-4-1-2-6-13(10)17/h3,5,7,10,13,16-17H,1-2,4,6,9H2. The summed E-state index contributed by atoms with van der Waals surface area (Å²) < 4.78 is 0. The van der Waals surface area contributed by atoms with Crippen LogP contribution in [0.4, 0.5) is 5.69 Å². The molecule has 90 valence electrons. The van der Waals surface area contributed by atoms with Gasteiger partial charge in [-0.3, -0.25) is 0 Å². The highest BCUT2D eigenvalue weighted by atomic mass is 16.3. The van der Waals surface area contributed by atoms with E-state index in [0.29, 0.717) is 12.2 Å². The summed E-state index contributed by atoms with van der Waals surface area (Å²) in [4.78, 5) is 3.99. The lowest BCUT2D eigenvalue weighted by atomic mass is 9.86. The predicted octanol–water partition coefficient (Wildman–Crippen LogP) is 1.92. The molecule has 2 unspecified atom stereocenters. The number of aliphatic hydroxyl groups excluding tert-OH is 1. The van der Waals surface area contributed by atoms with Crippen molar-refractivity contribution in [1.82, 2.24) is 4.98 Å². The van der Waals surface area contributed by atoms with Crippen LogP contribution in [0.1, 0.15) is 31.4 Å². The third kappa shape index (κ3) is 2.95. The fourth-order valence-electron chi connectivity index (χ4n) is 2.30. The van der Waals surface area contributed by atoms with Crippen LogP contribution in [0.15, 0.2) is 18.3 Å². The largest absolute Gasteiger partial charge is 0.393 e. The number of aromatic nitrogens is 1. The number of hydrogen-bond acceptors (Lipinski definition) is 4. The van der Waals surface area contributed by atoms with Crippen molar-refractivity contribution in [3.8, 4) is 6.07 Å². The van der Waals surface area contributed by atoms with Crippen LogP contribution in [0.2, 0.25) is 0 Å². The quantitative estimate of drug-likeness (QED) is 0.833. The second-order valence-electron chi connectivity index (χ2n) is 4.50. The number of anilines is 1. The Hall–Kier alpha value is -1.60. The summed E-state index contributed by atoms with van der Waals surface area (Å²) in [5, 5.41) is 22.0. The Morgan fingerprint density at radius 2 is 2.29 bits per heavy atom. The van der Waals surface area contributed by atoms with Crippen molar-refractivity contribution in [2.75, 3.05) is 11.9 Å². The molecule has 1 fully saturated rings. The number of hydrogen-bond donors (Lipinski definition) is 2. The van der Waals surface area contributed by atoms with Gasteiger partial charge in [-0.15, -0.1) is 0 Å². The first kappa shape index (κ1) is 11.9. The van der Waals surface area contributed by atoms with Crippen LogP contribution in [-0.2, 0) is 0 Å². The van der Waals surface area contributed by atoms with Gasteiger partial charge in [-0.05, 0) is 25.0 Å². The van der Waals surface area contributed by atoms with Gasteiger partial charge in [0.15, 0.2) is 5.69 Å². The monoisotopic (exact) mass is 231 g/mol. The van der Waals surface area contributed by atoms with Crippen LogP contribution in [0, 0.1) is 17.2 Å². The minimum atomic E-state index is -0.210. The smallest absolute Gasteiger partial charge is 0.163 e. The Bertz CT molecular complexity index is 413. The van der Waals surface area contributed by atoms with E-state index < -0.39 is 0 Å². The number of nitriles is 1. The molecule has 0 spiro atoms. The van der Waals surface area contributed by atoms with Gasteiger partial charge in [0.25, 0.3) is 0 Å². The first-order valence-corrected chi connectivity index (χ1v) is 6.08. The van der Waals surface area contributed by atoms with Crippen molar-refractivity contribution < 1.29 is 5.11 Å². The summed E-state index contributed by atoms with van der Waals surface area (Å²) in [5.74, 6) is 0.287. The van der Waals surface area contributed by atoms with Gasteiger partial charge in [0.05, 0.1) is 11.8 Å². The lowest BCUT2D eigenvalue weighted by molar-refractivity contribution is 0.0763. The van der Waals surface area contributed by atoms with Crippen LogP contribution < -0.4 is 5.32 Å². The molecular formula is C13H17N3O. The number of rotatable bonds is 3. The second kappa shape index (κ2) is 5.65. The molecule has 2 N–H and O–H groups in total. The Morgan fingerprint density at radius 1 is 1.47 bits per heavy atom. The molecule has 1 heterocycles. The van der Waals surface area contributed by atoms with Gasteiger partial charge in [-0.25, -0.2) is 4.98 Å². The molecule has 4 heteroatoms. The maximum absolute atomic E-state index is 9.85. The van der Waals surface area contributed by atoms with Gasteiger partial charge in [0.2, 0.25) is 0 Å². The van der Waals surface area contributed by atoms with E-state index in [1.54, 1.807) is 12.3 Å². The van der Waals surface area contributed by atoms with Crippen molar-refractivity contribution in [3.63, 3.8) is 0 Å². The first-order chi connectivity index (χ1) is 8.31. The highest BCUT2D eigenvalue weighted by Gasteiger charge is 2.22. The average molecular weight is 231 g/mol. The highest BCUT2D eigenvalue weighted by molar-refractivity contribution is 5.53. The molecule has 1 aliphatic carbocycles. The van der Waals surface area contributed by atoms with E-state index in [2.05, 4.69) is 16.4 Å². The Kier molecular flexibility index (Phi) is 3.94. The van der Waals surface area contributed by atoms with Crippen molar-refractivity contribution in [2.24, 2.45) is 5.92 Å². The van der Waals surface area contributed by atoms with E-state index in [1.165, 1.54) is 6.42 Å². The SMILES string of the molecule is N#Cc1ncccc1NCC1CCCCC1O. The topological polar surface area (TPSA) is 68.9 Å². The van der Waals surface area contributed by atoms with Crippen LogP contribution in [-0.4, -0.2) is 22.7 Å². The minimum Gasteiger partial charge on any atom is -0.393 e. The van der Waals surface area contributed by atoms with Crippen LogP contribution >= 0.6 is 0 Å². The summed E-state index contributed by atoms with van der Waals surface area (Å²) in [5.41, 5.74) is 1.17. The minimum absolute atomic E-state index is 0.210. The molecule has 1 aliphatic rings. The van der Waals surface area contributed by atoms with Crippen molar-refractivity contribution in [2.45, 2.75) is 31.8 Å². The zero-order valence-corrected chi connectivity index (χ0v) is 9.76. The molecule has 0 amide bonds. The van der Waals surface area contributed by atoms with Gasteiger partial charge in [-0.2, -0.15) is 5.26 Å². The molecule has 2 rings (SSSR count). The first-order valence-electron chi connectivity index (χ1n) is 6.08. The normalized spacial score (nSPS) is 24.0. The molecule has 1 aromatic heterocycles. The maximum Gasteiger partial charge on any atom is 0.163 e. The predicted molar refractivity (Wildman–Crippen MR) is 65.4 cm³/mol. The Labute approximate surface area is 101 Å². The Morgan fingerprint density at radius 3 is 3.06 bits per heavy atom. The van der Waals surface area contributed by atoms with Gasteiger partial charge in [-0.1, -0.05) is 12.8 Å². The number of nitrogens with zero attached hydrogens (tertiary/aromatic N) is 2. The molecular weight excluding hydrogens is 214 g/mol. The van der Waals surface area contributed by atoms with E-state index in [4.69, 9.17) is 5.26 Å². The average Bonchev–Trinajstić information content (AvgIpc) is 2.38. The summed E-state index contributed by atoms with van der Waals surface area (Å²) >= 11 is 0. The summed E-state index contributed by atoms with van der Waals surface area (Å²) in [6.45, 7) is 0.710. The van der Waals surface area contributed by atoms with Gasteiger partial charge in [0, 0.05) is 18.7 Å². The van der Waals surface area contributed by atoms with Crippen LogP contribution in [0.25, 0.3) is 0 Å². The molecule has 1 aromatic rings. The van der Waals surface area contributed by atoms with E-state index in [-0.39, 0.29) is 12.0 Å². The lowest BCUT2D eigenvalue weighted by Gasteiger charge is -2.28. The second-order valence-corrected chi connectivity index (χ2v) is 4.50. The molecule has 17 heavy (non-hydrogen) atoms. The molecule has 0 radical (unpaired) electrons. The van der Waals surface area contributed by atoms with Crippen molar-refractivity contribution in [3.05, 3.63) is 24.0 Å². The fraction of sp³-hybridized carbons (Fsp3) is 0.538. The maximum atomic E-state index is 9.85. The molecule has 0 aliphatic heterocycles. The lowest BCUT2D eigenvalue weighted by Crippen LogP contribution is -2.30. The van der Waals surface area contributed by atoms with E-state index in [1.807, 2.05) is 6.07 Å². The molecule has 2 atom stereocenters. The molecule has 0 bridgehead atoms. The Balaban J connectivity index is 1.95. The van der Waals surface area contributed by atoms with Crippen molar-refractivity contribution in [1.29, 1.82) is 5.26 Å². The molecule has 0 aromatic carbocycles. The van der Waals surface area contributed by atoms with Gasteiger partial charge < -0.3 is 10.4 Å². The van der Waals surface area contributed by atoms with Crippen LogP contribution in [0.5, 0.6) is 0 Å². The zero-order valence-electron chi connectivity index (χ0n) is 9.76. The van der Waals surface area contributed by atoms with E-state index in [0.717, 1.165) is 24.9 Å². The molecule has 0 saturated heterocycles. The fourth-order valence-corrected chi connectivity index (χ4v) is 2.30. The highest BCUT2D eigenvalue weighted by Crippen LogP contribution is 2.25. The van der Waals surface area contributed by atoms with Gasteiger partial charge in [0.1, 0.15) is 6.07 Å². The number of nitrogens with one attached hydrogen (secondary N) is 1. The third-order valence-corrected chi connectivity index (χ3v) is 3.34. The van der Waals surface area contributed by atoms with Crippen molar-refractivity contribution >= 4 is 5.69 Å². The summed E-state index contributed by atoms with van der Waals surface area (Å²) in [7, 11) is 0. The summed E-state index contributed by atoms with van der Waals surface area (Å²) in [6.07, 6.45) is 5.65. The van der Waals surface area contributed by atoms with Gasteiger partial charge >= 0.3 is 0 Å². The van der Waals surface area contributed by atoms with E-state index in [9.17, 15) is 5.11 Å². The van der Waals surface area contributed by atoms with Crippen LogP contribution in [0.3, 0.4) is 0 Å². The molecule has 1 saturated carbocycles. The third-order valence-electron chi connectivity index (χ3n) is 3.34. The number of pyridine rings is 1. The van der Waals surface area contributed by atoms with E-state index >= 15 is 0 Å². The summed E-state index contributed by atoms with van der Waals surface area (Å²) in [6, 6.07) is 5.71. The number of aliphatic hydroxyl groups is 1. The zero-order chi connectivity index (χ0) is 12.1. The molecule has 4 nitrogen and oxygen atoms in total.